The lowest BCUT2D eigenvalue weighted by molar-refractivity contribution is -0.112. The number of aryl methyl sites for hydroxylation is 1. The number of carbonyl (C=O) groups is 1. The van der Waals surface area contributed by atoms with Crippen molar-refractivity contribution in [3.8, 4) is 0 Å². The van der Waals surface area contributed by atoms with Crippen LogP contribution >= 0.6 is 0 Å². The summed E-state index contributed by atoms with van der Waals surface area (Å²) in [5, 5.41) is 0. The zero-order chi connectivity index (χ0) is 16.1. The maximum Gasteiger partial charge on any atom is 0.146 e. The van der Waals surface area contributed by atoms with Crippen molar-refractivity contribution in [2.75, 3.05) is 13.9 Å². The van der Waals surface area contributed by atoms with Crippen LogP contribution in [0.4, 0.5) is 0 Å². The van der Waals surface area contributed by atoms with Crippen LogP contribution in [0.25, 0.3) is 0 Å². The second-order valence-corrected chi connectivity index (χ2v) is 6.18. The molecule has 0 heterocycles. The molecule has 3 nitrogen and oxygen atoms in total. The van der Waals surface area contributed by atoms with Crippen LogP contribution in [-0.2, 0) is 39.1 Å². The summed E-state index contributed by atoms with van der Waals surface area (Å²) in [5.74, 6) is 0. The van der Waals surface area contributed by atoms with E-state index in [1.54, 1.807) is 7.11 Å². The van der Waals surface area contributed by atoms with Crippen molar-refractivity contribution in [1.82, 2.24) is 0 Å². The van der Waals surface area contributed by atoms with Gasteiger partial charge < -0.3 is 14.3 Å². The molecule has 0 amide bonds. The molecule has 1 aliphatic rings. The van der Waals surface area contributed by atoms with Gasteiger partial charge in [0, 0.05) is 7.11 Å². The molecule has 0 aromatic heterocycles. The molecule has 0 bridgehead atoms. The highest BCUT2D eigenvalue weighted by Crippen LogP contribution is 2.40. The topological polar surface area (TPSA) is 35.5 Å². The first kappa shape index (κ1) is 15.9. The van der Waals surface area contributed by atoms with Gasteiger partial charge >= 0.3 is 0 Å². The minimum absolute atomic E-state index is 0.278. The van der Waals surface area contributed by atoms with E-state index >= 15 is 0 Å². The average molecular weight is 310 g/mol. The van der Waals surface area contributed by atoms with E-state index in [4.69, 9.17) is 9.47 Å². The van der Waals surface area contributed by atoms with Crippen LogP contribution in [0.15, 0.2) is 48.5 Å². The fourth-order valence-corrected chi connectivity index (χ4v) is 3.44. The third-order valence-corrected chi connectivity index (χ3v) is 4.61. The molecule has 1 unspecified atom stereocenters. The van der Waals surface area contributed by atoms with Gasteiger partial charge in [0.15, 0.2) is 0 Å². The van der Waals surface area contributed by atoms with Gasteiger partial charge in [-0.15, -0.1) is 0 Å². The standard InChI is InChI=1S/C20H22O3/c1-22-15-23-13-17-7-8-18-9-10-20(14-21,19(18)11-17)12-16-5-3-2-4-6-16/h2-8,11,14H,9-10,12-13,15H2,1H3. The number of fused-ring (bicyclic) bond motifs is 1. The van der Waals surface area contributed by atoms with Crippen molar-refractivity contribution in [1.29, 1.82) is 0 Å². The zero-order valence-corrected chi connectivity index (χ0v) is 13.5. The van der Waals surface area contributed by atoms with Gasteiger partial charge in [0.05, 0.1) is 12.0 Å². The summed E-state index contributed by atoms with van der Waals surface area (Å²) in [6.45, 7) is 0.779. The van der Waals surface area contributed by atoms with Crippen molar-refractivity contribution >= 4 is 6.29 Å². The minimum atomic E-state index is -0.409. The van der Waals surface area contributed by atoms with Gasteiger partial charge in [-0.3, -0.25) is 0 Å². The molecule has 0 N–H and O–H groups in total. The van der Waals surface area contributed by atoms with Crippen molar-refractivity contribution < 1.29 is 14.3 Å². The molecule has 23 heavy (non-hydrogen) atoms. The molecule has 1 aliphatic carbocycles. The number of carbonyl (C=O) groups excluding carboxylic acids is 1. The highest BCUT2D eigenvalue weighted by atomic mass is 16.7. The molecule has 0 radical (unpaired) electrons. The fourth-order valence-electron chi connectivity index (χ4n) is 3.44. The van der Waals surface area contributed by atoms with Gasteiger partial charge in [-0.25, -0.2) is 0 Å². The van der Waals surface area contributed by atoms with Crippen molar-refractivity contribution in [2.45, 2.75) is 31.3 Å². The van der Waals surface area contributed by atoms with Gasteiger partial charge in [-0.05, 0) is 41.5 Å². The van der Waals surface area contributed by atoms with Crippen LogP contribution in [-0.4, -0.2) is 20.2 Å². The zero-order valence-electron chi connectivity index (χ0n) is 13.5. The maximum absolute atomic E-state index is 12.0. The first-order valence-corrected chi connectivity index (χ1v) is 7.97. The predicted molar refractivity (Wildman–Crippen MR) is 89.3 cm³/mol. The number of ether oxygens (including phenoxy) is 2. The third kappa shape index (κ3) is 3.36. The molecule has 3 heteroatoms. The molecular weight excluding hydrogens is 288 g/mol. The molecule has 0 aliphatic heterocycles. The summed E-state index contributed by atoms with van der Waals surface area (Å²) in [5.41, 5.74) is 4.32. The lowest BCUT2D eigenvalue weighted by Crippen LogP contribution is -2.28. The highest BCUT2D eigenvalue weighted by molar-refractivity contribution is 5.72. The predicted octanol–water partition coefficient (Wildman–Crippen LogP) is 3.43. The van der Waals surface area contributed by atoms with E-state index in [2.05, 4.69) is 30.3 Å². The van der Waals surface area contributed by atoms with Crippen LogP contribution < -0.4 is 0 Å². The number of hydrogen-bond acceptors (Lipinski definition) is 3. The van der Waals surface area contributed by atoms with Gasteiger partial charge in [0.25, 0.3) is 0 Å². The number of rotatable bonds is 7. The van der Waals surface area contributed by atoms with Crippen molar-refractivity contribution in [3.05, 3.63) is 70.8 Å². The molecule has 0 saturated heterocycles. The first-order valence-electron chi connectivity index (χ1n) is 7.97. The minimum Gasteiger partial charge on any atom is -0.359 e. The third-order valence-electron chi connectivity index (χ3n) is 4.61. The Morgan fingerprint density at radius 3 is 2.70 bits per heavy atom. The van der Waals surface area contributed by atoms with E-state index in [1.807, 2.05) is 18.2 Å². The summed E-state index contributed by atoms with van der Waals surface area (Å²) in [7, 11) is 1.61. The summed E-state index contributed by atoms with van der Waals surface area (Å²) < 4.78 is 10.4. The molecular formula is C20H22O3. The second-order valence-electron chi connectivity index (χ2n) is 6.18. The van der Waals surface area contributed by atoms with E-state index in [-0.39, 0.29) is 6.79 Å². The van der Waals surface area contributed by atoms with Gasteiger partial charge in [0.1, 0.15) is 13.1 Å². The Morgan fingerprint density at radius 1 is 1.13 bits per heavy atom. The van der Waals surface area contributed by atoms with Crippen LogP contribution in [0.2, 0.25) is 0 Å². The van der Waals surface area contributed by atoms with E-state index in [0.717, 1.165) is 36.7 Å². The van der Waals surface area contributed by atoms with E-state index in [0.29, 0.717) is 6.61 Å². The lowest BCUT2D eigenvalue weighted by Gasteiger charge is -2.24. The Morgan fingerprint density at radius 2 is 1.96 bits per heavy atom. The van der Waals surface area contributed by atoms with Gasteiger partial charge in [-0.1, -0.05) is 48.5 Å². The van der Waals surface area contributed by atoms with Crippen LogP contribution in [0.3, 0.4) is 0 Å². The summed E-state index contributed by atoms with van der Waals surface area (Å²) >= 11 is 0. The molecule has 1 atom stereocenters. The highest BCUT2D eigenvalue weighted by Gasteiger charge is 2.38. The number of aldehydes is 1. The largest absolute Gasteiger partial charge is 0.359 e. The molecule has 0 fully saturated rings. The SMILES string of the molecule is COCOCc1ccc2c(c1)C(C=O)(Cc1ccccc1)CC2. The molecule has 0 saturated carbocycles. The van der Waals surface area contributed by atoms with Crippen molar-refractivity contribution in [3.63, 3.8) is 0 Å². The number of methoxy groups -OCH3 is 1. The average Bonchev–Trinajstić information content (AvgIpc) is 2.95. The van der Waals surface area contributed by atoms with E-state index in [1.165, 1.54) is 11.1 Å². The molecule has 2 aromatic carbocycles. The van der Waals surface area contributed by atoms with E-state index in [9.17, 15) is 4.79 Å². The fraction of sp³-hybridized carbons (Fsp3) is 0.350. The molecule has 2 aromatic rings. The second kappa shape index (κ2) is 7.07. The van der Waals surface area contributed by atoms with E-state index < -0.39 is 5.41 Å². The molecule has 3 rings (SSSR count). The Kier molecular flexibility index (Phi) is 4.89. The Balaban J connectivity index is 1.87. The van der Waals surface area contributed by atoms with Crippen LogP contribution in [0.1, 0.15) is 28.7 Å². The molecule has 120 valence electrons. The number of hydrogen-bond donors (Lipinski definition) is 0. The van der Waals surface area contributed by atoms with Crippen molar-refractivity contribution in [2.24, 2.45) is 0 Å². The lowest BCUT2D eigenvalue weighted by atomic mass is 9.77. The number of benzene rings is 2. The Hall–Kier alpha value is -1.97. The normalized spacial score (nSPS) is 19.5. The Labute approximate surface area is 137 Å². The smallest absolute Gasteiger partial charge is 0.146 e. The van der Waals surface area contributed by atoms with Crippen LogP contribution in [0.5, 0.6) is 0 Å². The van der Waals surface area contributed by atoms with Gasteiger partial charge in [0.2, 0.25) is 0 Å². The van der Waals surface area contributed by atoms with Crippen LogP contribution in [0, 0.1) is 0 Å². The van der Waals surface area contributed by atoms with Gasteiger partial charge in [-0.2, -0.15) is 0 Å². The Bertz CT molecular complexity index is 666. The maximum atomic E-state index is 12.0. The molecule has 0 spiro atoms. The summed E-state index contributed by atoms with van der Waals surface area (Å²) in [4.78, 5) is 12.0. The first-order chi connectivity index (χ1) is 11.3. The summed E-state index contributed by atoms with van der Waals surface area (Å²) in [6, 6.07) is 16.6. The monoisotopic (exact) mass is 310 g/mol. The summed E-state index contributed by atoms with van der Waals surface area (Å²) in [6.07, 6.45) is 3.74. The quantitative estimate of drug-likeness (QED) is 0.446.